The van der Waals surface area contributed by atoms with Crippen LogP contribution in [0, 0.1) is 28.5 Å². The van der Waals surface area contributed by atoms with Crippen LogP contribution in [0.25, 0.3) is 0 Å². The van der Waals surface area contributed by atoms with Gasteiger partial charge in [0.05, 0.1) is 38.1 Å². The number of carbonyl (C=O) groups is 1. The molecular formula is C16H19FN4O2. The van der Waals surface area contributed by atoms with Gasteiger partial charge in [0.1, 0.15) is 5.82 Å². The second-order valence-electron chi connectivity index (χ2n) is 4.82. The van der Waals surface area contributed by atoms with E-state index in [0.29, 0.717) is 5.69 Å². The fourth-order valence-electron chi connectivity index (χ4n) is 2.09. The van der Waals surface area contributed by atoms with Gasteiger partial charge in [-0.15, -0.1) is 0 Å². The lowest BCUT2D eigenvalue weighted by molar-refractivity contribution is -0.129. The zero-order valence-electron chi connectivity index (χ0n) is 12.8. The molecule has 7 heteroatoms. The first-order valence-corrected chi connectivity index (χ1v) is 7.25. The molecule has 1 aromatic carbocycles. The van der Waals surface area contributed by atoms with E-state index in [9.17, 15) is 9.18 Å². The van der Waals surface area contributed by atoms with Crippen molar-refractivity contribution in [3.63, 3.8) is 0 Å². The summed E-state index contributed by atoms with van der Waals surface area (Å²) >= 11 is 0. The topological polar surface area (TPSA) is 91.4 Å². The summed E-state index contributed by atoms with van der Waals surface area (Å²) in [4.78, 5) is 15.4. The van der Waals surface area contributed by atoms with Gasteiger partial charge in [0.15, 0.2) is 0 Å². The molecule has 0 radical (unpaired) electrons. The molecule has 0 fully saturated rings. The van der Waals surface area contributed by atoms with Crippen molar-refractivity contribution in [3.8, 4) is 12.1 Å². The Bertz CT molecular complexity index is 576. The van der Waals surface area contributed by atoms with Crippen LogP contribution >= 0.6 is 0 Å². The lowest BCUT2D eigenvalue weighted by Crippen LogP contribution is -2.42. The number of nitrogens with zero attached hydrogens (tertiary/aromatic N) is 4. The molecule has 1 N–H and O–H groups in total. The number of benzene rings is 1. The summed E-state index contributed by atoms with van der Waals surface area (Å²) in [5.41, 5.74) is 0.493. The van der Waals surface area contributed by atoms with E-state index in [4.69, 9.17) is 15.6 Å². The van der Waals surface area contributed by atoms with Gasteiger partial charge in [0, 0.05) is 25.3 Å². The summed E-state index contributed by atoms with van der Waals surface area (Å²) in [5, 5.41) is 26.5. The second kappa shape index (κ2) is 10.1. The van der Waals surface area contributed by atoms with Crippen molar-refractivity contribution in [2.45, 2.75) is 12.8 Å². The highest BCUT2D eigenvalue weighted by Gasteiger charge is 2.17. The Morgan fingerprint density at radius 2 is 1.83 bits per heavy atom. The average molecular weight is 318 g/mol. The number of anilines is 1. The molecular weight excluding hydrogens is 299 g/mol. The first-order chi connectivity index (χ1) is 11.1. The first kappa shape index (κ1) is 18.4. The van der Waals surface area contributed by atoms with Crippen molar-refractivity contribution < 1.29 is 14.3 Å². The highest BCUT2D eigenvalue weighted by atomic mass is 19.1. The lowest BCUT2D eigenvalue weighted by Gasteiger charge is -2.27. The molecule has 0 saturated heterocycles. The molecule has 0 aromatic heterocycles. The van der Waals surface area contributed by atoms with Gasteiger partial charge in [-0.1, -0.05) is 6.07 Å². The number of halogens is 1. The van der Waals surface area contributed by atoms with Crippen molar-refractivity contribution in [2.75, 3.05) is 37.7 Å². The van der Waals surface area contributed by atoms with E-state index in [1.54, 1.807) is 11.0 Å². The molecule has 0 spiro atoms. The number of hydrogen-bond donors (Lipinski definition) is 1. The molecule has 0 unspecified atom stereocenters. The standard InChI is InChI=1S/C16H19FN4O2/c17-14-4-1-5-15(12-14)21(10-11-22)13-16(23)20(8-2-6-18)9-3-7-19/h1,4-5,12,22H,2-3,8-11,13H2. The van der Waals surface area contributed by atoms with Crippen molar-refractivity contribution in [1.82, 2.24) is 4.90 Å². The third kappa shape index (κ3) is 6.33. The van der Waals surface area contributed by atoms with Crippen molar-refractivity contribution in [3.05, 3.63) is 30.1 Å². The quantitative estimate of drug-likeness (QED) is 0.740. The van der Waals surface area contributed by atoms with Crippen LogP contribution in [0.5, 0.6) is 0 Å². The molecule has 0 saturated carbocycles. The van der Waals surface area contributed by atoms with Gasteiger partial charge in [-0.3, -0.25) is 4.79 Å². The zero-order valence-corrected chi connectivity index (χ0v) is 12.8. The number of aliphatic hydroxyl groups excluding tert-OH is 1. The third-order valence-electron chi connectivity index (χ3n) is 3.21. The Kier molecular flexibility index (Phi) is 8.12. The van der Waals surface area contributed by atoms with E-state index in [-0.39, 0.29) is 51.5 Å². The minimum Gasteiger partial charge on any atom is -0.395 e. The Morgan fingerprint density at radius 1 is 1.17 bits per heavy atom. The van der Waals surface area contributed by atoms with Gasteiger partial charge in [0.25, 0.3) is 0 Å². The van der Waals surface area contributed by atoms with E-state index in [2.05, 4.69) is 0 Å². The average Bonchev–Trinajstić information content (AvgIpc) is 2.54. The molecule has 0 bridgehead atoms. The van der Waals surface area contributed by atoms with Crippen LogP contribution in [0.3, 0.4) is 0 Å². The van der Waals surface area contributed by atoms with Gasteiger partial charge in [-0.2, -0.15) is 10.5 Å². The molecule has 0 atom stereocenters. The summed E-state index contributed by atoms with van der Waals surface area (Å²) < 4.78 is 13.3. The van der Waals surface area contributed by atoms with E-state index < -0.39 is 5.82 Å². The van der Waals surface area contributed by atoms with Gasteiger partial charge in [-0.05, 0) is 18.2 Å². The maximum atomic E-state index is 13.3. The SMILES string of the molecule is N#CCCN(CCC#N)C(=O)CN(CCO)c1cccc(F)c1. The van der Waals surface area contributed by atoms with Crippen molar-refractivity contribution in [1.29, 1.82) is 10.5 Å². The number of nitriles is 2. The summed E-state index contributed by atoms with van der Waals surface area (Å²) in [5.74, 6) is -0.697. The van der Waals surface area contributed by atoms with Crippen LogP contribution in [-0.2, 0) is 4.79 Å². The largest absolute Gasteiger partial charge is 0.395 e. The fraction of sp³-hybridized carbons (Fsp3) is 0.438. The maximum absolute atomic E-state index is 13.3. The van der Waals surface area contributed by atoms with Crippen LogP contribution < -0.4 is 4.90 Å². The van der Waals surface area contributed by atoms with Crippen LogP contribution in [-0.4, -0.2) is 48.7 Å². The third-order valence-corrected chi connectivity index (χ3v) is 3.21. The minimum atomic E-state index is -0.427. The van der Waals surface area contributed by atoms with Crippen LogP contribution in [0.1, 0.15) is 12.8 Å². The zero-order chi connectivity index (χ0) is 17.1. The summed E-state index contributed by atoms with van der Waals surface area (Å²) in [6, 6.07) is 9.71. The molecule has 0 aliphatic rings. The van der Waals surface area contributed by atoms with E-state index in [1.165, 1.54) is 23.1 Å². The Morgan fingerprint density at radius 3 is 2.35 bits per heavy atom. The number of aliphatic hydroxyl groups is 1. The summed E-state index contributed by atoms with van der Waals surface area (Å²) in [6.07, 6.45) is 0.355. The van der Waals surface area contributed by atoms with E-state index in [1.807, 2.05) is 12.1 Å². The van der Waals surface area contributed by atoms with Crippen LogP contribution in [0.2, 0.25) is 0 Å². The first-order valence-electron chi connectivity index (χ1n) is 7.25. The number of rotatable bonds is 9. The Hall–Kier alpha value is -2.64. The minimum absolute atomic E-state index is 0.0547. The molecule has 1 amide bonds. The normalized spacial score (nSPS) is 9.74. The van der Waals surface area contributed by atoms with E-state index in [0.717, 1.165) is 0 Å². The monoisotopic (exact) mass is 318 g/mol. The van der Waals surface area contributed by atoms with Gasteiger partial charge >= 0.3 is 0 Å². The summed E-state index contributed by atoms with van der Waals surface area (Å²) in [6.45, 7) is 0.431. The van der Waals surface area contributed by atoms with Crippen LogP contribution in [0.4, 0.5) is 10.1 Å². The van der Waals surface area contributed by atoms with Crippen molar-refractivity contribution in [2.24, 2.45) is 0 Å². The number of amides is 1. The molecule has 0 aliphatic carbocycles. The second-order valence-corrected chi connectivity index (χ2v) is 4.82. The van der Waals surface area contributed by atoms with Crippen LogP contribution in [0.15, 0.2) is 24.3 Å². The molecule has 1 aromatic rings. The predicted molar refractivity (Wildman–Crippen MR) is 82.7 cm³/mol. The molecule has 1 rings (SSSR count). The fourth-order valence-corrected chi connectivity index (χ4v) is 2.09. The Labute approximate surface area is 135 Å². The Balaban J connectivity index is 2.82. The smallest absolute Gasteiger partial charge is 0.242 e. The molecule has 122 valence electrons. The predicted octanol–water partition coefficient (Wildman–Crippen LogP) is 1.28. The van der Waals surface area contributed by atoms with Crippen molar-refractivity contribution >= 4 is 11.6 Å². The van der Waals surface area contributed by atoms with Gasteiger partial charge < -0.3 is 14.9 Å². The van der Waals surface area contributed by atoms with Gasteiger partial charge in [-0.25, -0.2) is 4.39 Å². The number of hydrogen-bond acceptors (Lipinski definition) is 5. The highest BCUT2D eigenvalue weighted by Crippen LogP contribution is 2.15. The van der Waals surface area contributed by atoms with E-state index >= 15 is 0 Å². The lowest BCUT2D eigenvalue weighted by atomic mass is 10.2. The summed E-state index contributed by atoms with van der Waals surface area (Å²) in [7, 11) is 0. The molecule has 6 nitrogen and oxygen atoms in total. The molecule has 23 heavy (non-hydrogen) atoms. The molecule has 0 aliphatic heterocycles. The number of carbonyl (C=O) groups excluding carboxylic acids is 1. The van der Waals surface area contributed by atoms with Gasteiger partial charge in [0.2, 0.25) is 5.91 Å². The highest BCUT2D eigenvalue weighted by molar-refractivity contribution is 5.81. The molecule has 0 heterocycles. The maximum Gasteiger partial charge on any atom is 0.242 e.